The van der Waals surface area contributed by atoms with Crippen molar-refractivity contribution in [2.24, 2.45) is 0 Å². The number of likely N-dealkylation sites (N-methyl/N-ethyl adjacent to an activating group) is 1. The van der Waals surface area contributed by atoms with Crippen molar-refractivity contribution < 1.29 is 18.7 Å². The Bertz CT molecular complexity index is 1520. The van der Waals surface area contributed by atoms with Crippen molar-refractivity contribution in [3.8, 4) is 11.9 Å². The Kier molecular flexibility index (Phi) is 8.70. The number of carbonyl (C=O) groups excluding carboxylic acids is 1. The normalized spacial score (nSPS) is 22.7. The summed E-state index contributed by atoms with van der Waals surface area (Å²) in [5, 5.41) is 15.7. The van der Waals surface area contributed by atoms with Crippen LogP contribution in [-0.4, -0.2) is 74.6 Å². The first-order valence-electron chi connectivity index (χ1n) is 14.0. The van der Waals surface area contributed by atoms with Gasteiger partial charge in [0.15, 0.2) is 5.82 Å². The molecule has 41 heavy (non-hydrogen) atoms. The summed E-state index contributed by atoms with van der Waals surface area (Å²) in [5.74, 6) is -0.0857. The summed E-state index contributed by atoms with van der Waals surface area (Å²) in [4.78, 5) is 21.6. The lowest BCUT2D eigenvalue weighted by molar-refractivity contribution is 0.00565. The lowest BCUT2D eigenvalue weighted by Crippen LogP contribution is -2.48. The molecule has 0 radical (unpaired) electrons. The molecule has 1 aromatic carbocycles. The van der Waals surface area contributed by atoms with Crippen LogP contribution in [0.3, 0.4) is 0 Å². The second kappa shape index (κ2) is 11.8. The summed E-state index contributed by atoms with van der Waals surface area (Å²) in [7, 11) is 2.10. The number of carbonyl (C=O) groups is 1. The Balaban J connectivity index is 1.57. The van der Waals surface area contributed by atoms with Gasteiger partial charge >= 0.3 is 6.09 Å². The zero-order valence-corrected chi connectivity index (χ0v) is 27.7. The Hall–Kier alpha value is -2.24. The quantitative estimate of drug-likeness (QED) is 0.210. The van der Waals surface area contributed by atoms with Crippen molar-refractivity contribution in [3.63, 3.8) is 0 Å². The molecule has 0 bridgehead atoms. The minimum atomic E-state index is -0.633. The number of likely N-dealkylation sites (tertiary alicyclic amines) is 2. The fourth-order valence-corrected chi connectivity index (χ4v) is 6.94. The molecule has 4 heterocycles. The fraction of sp³-hybridized carbons (Fsp3) is 0.586. The third-order valence-electron chi connectivity index (χ3n) is 8.04. The molecule has 3 aromatic rings. The lowest BCUT2D eigenvalue weighted by atomic mass is 9.95. The summed E-state index contributed by atoms with van der Waals surface area (Å²) in [6.07, 6.45) is 4.62. The van der Waals surface area contributed by atoms with Gasteiger partial charge in [0.05, 0.1) is 46.1 Å². The van der Waals surface area contributed by atoms with E-state index in [0.29, 0.717) is 40.5 Å². The zero-order valence-electron chi connectivity index (χ0n) is 24.0. The van der Waals surface area contributed by atoms with Crippen LogP contribution in [0.15, 0.2) is 16.7 Å². The summed E-state index contributed by atoms with van der Waals surface area (Å²) in [5.41, 5.74) is 0.326. The first kappa shape index (κ1) is 30.2. The highest BCUT2D eigenvalue weighted by atomic mass is 127. The van der Waals surface area contributed by atoms with Crippen LogP contribution in [0.25, 0.3) is 21.8 Å². The number of nitrogens with zero attached hydrogens (tertiary/aromatic N) is 6. The van der Waals surface area contributed by atoms with Crippen LogP contribution < -0.4 is 4.74 Å². The van der Waals surface area contributed by atoms with Crippen molar-refractivity contribution in [2.75, 3.05) is 20.1 Å². The number of amides is 1. The molecular formula is C29H35BrFIN6O3. The van der Waals surface area contributed by atoms with Gasteiger partial charge in [-0.15, -0.1) is 0 Å². The number of halogens is 3. The molecule has 2 aromatic heterocycles. The average molecular weight is 741 g/mol. The maximum Gasteiger partial charge on any atom is 0.410 e. The number of hydrogen-bond acceptors (Lipinski definition) is 7. The topological polar surface area (TPSA) is 96.5 Å². The van der Waals surface area contributed by atoms with E-state index < -0.39 is 17.5 Å². The molecule has 0 unspecified atom stereocenters. The number of hydrogen-bond donors (Lipinski definition) is 0. The molecule has 0 aliphatic carbocycles. The molecule has 2 aliphatic rings. The van der Waals surface area contributed by atoms with Crippen LogP contribution in [0.4, 0.5) is 9.18 Å². The van der Waals surface area contributed by atoms with Crippen molar-refractivity contribution in [1.82, 2.24) is 24.6 Å². The largest absolute Gasteiger partial charge is 0.472 e. The molecule has 220 valence electrons. The van der Waals surface area contributed by atoms with Crippen molar-refractivity contribution in [2.45, 2.75) is 89.6 Å². The van der Waals surface area contributed by atoms with E-state index in [4.69, 9.17) is 19.6 Å². The Morgan fingerprint density at radius 1 is 1.32 bits per heavy atom. The van der Waals surface area contributed by atoms with Crippen molar-refractivity contribution in [1.29, 1.82) is 5.26 Å². The van der Waals surface area contributed by atoms with E-state index in [1.165, 1.54) is 0 Å². The first-order chi connectivity index (χ1) is 19.4. The van der Waals surface area contributed by atoms with E-state index in [1.54, 1.807) is 11.1 Å². The molecule has 2 saturated heterocycles. The smallest absolute Gasteiger partial charge is 0.410 e. The number of ether oxygens (including phenoxy) is 2. The Morgan fingerprint density at radius 3 is 2.73 bits per heavy atom. The van der Waals surface area contributed by atoms with Gasteiger partial charge in [-0.25, -0.2) is 14.2 Å². The number of aromatic nitrogens is 3. The van der Waals surface area contributed by atoms with E-state index in [1.807, 2.05) is 38.4 Å². The molecule has 1 amide bonds. The molecule has 0 saturated carbocycles. The summed E-state index contributed by atoms with van der Waals surface area (Å²) in [6, 6.07) is 3.94. The summed E-state index contributed by atoms with van der Waals surface area (Å²) >= 11 is 5.49. The van der Waals surface area contributed by atoms with Crippen LogP contribution in [-0.2, 0) is 4.74 Å². The maximum absolute atomic E-state index is 15.7. The molecule has 0 N–H and O–H groups in total. The molecule has 5 rings (SSSR count). The van der Waals surface area contributed by atoms with Crippen LogP contribution in [0.5, 0.6) is 5.88 Å². The minimum absolute atomic E-state index is 0.120. The van der Waals surface area contributed by atoms with Gasteiger partial charge in [-0.05, 0) is 112 Å². The second-order valence-corrected chi connectivity index (χ2v) is 14.0. The third kappa shape index (κ3) is 5.99. The van der Waals surface area contributed by atoms with E-state index in [-0.39, 0.29) is 36.2 Å². The van der Waals surface area contributed by atoms with Crippen LogP contribution >= 0.6 is 38.5 Å². The molecule has 0 spiro atoms. The van der Waals surface area contributed by atoms with Gasteiger partial charge in [-0.1, -0.05) is 0 Å². The second-order valence-electron chi connectivity index (χ2n) is 12.0. The number of benzene rings is 1. The fourth-order valence-electron chi connectivity index (χ4n) is 6.09. The number of fused-ring (bicyclic) bond motifs is 3. The molecule has 2 aliphatic heterocycles. The minimum Gasteiger partial charge on any atom is -0.472 e. The van der Waals surface area contributed by atoms with Gasteiger partial charge < -0.3 is 14.4 Å². The SMILES string of the molecule is C[C@H](Oc1nc2c(F)c(Br)c(I)cc2c2c1cnn2[C@H]1CCN(C(=O)OC(C)(C)C)[C@H](CC#N)C1)[C@@H]1CCCN1C. The Morgan fingerprint density at radius 2 is 2.07 bits per heavy atom. The van der Waals surface area contributed by atoms with Gasteiger partial charge in [0.1, 0.15) is 17.2 Å². The number of pyridine rings is 1. The van der Waals surface area contributed by atoms with Gasteiger partial charge in [-0.3, -0.25) is 9.58 Å². The monoisotopic (exact) mass is 740 g/mol. The highest BCUT2D eigenvalue weighted by Crippen LogP contribution is 2.40. The lowest BCUT2D eigenvalue weighted by Gasteiger charge is -2.39. The van der Waals surface area contributed by atoms with Crippen molar-refractivity contribution >= 4 is 66.4 Å². The zero-order chi connectivity index (χ0) is 29.6. The molecule has 2 fully saturated rings. The molecule has 12 heteroatoms. The van der Waals surface area contributed by atoms with Crippen LogP contribution in [0.1, 0.15) is 65.8 Å². The van der Waals surface area contributed by atoms with Crippen molar-refractivity contribution in [3.05, 3.63) is 26.1 Å². The number of piperidine rings is 1. The molecular weight excluding hydrogens is 706 g/mol. The molecule has 4 atom stereocenters. The molecule has 9 nitrogen and oxygen atoms in total. The van der Waals surface area contributed by atoms with Crippen LogP contribution in [0, 0.1) is 20.7 Å². The van der Waals surface area contributed by atoms with E-state index in [9.17, 15) is 10.1 Å². The van der Waals surface area contributed by atoms with Gasteiger partial charge in [0, 0.05) is 21.5 Å². The van der Waals surface area contributed by atoms with E-state index >= 15 is 4.39 Å². The van der Waals surface area contributed by atoms with E-state index in [0.717, 1.165) is 28.5 Å². The third-order valence-corrected chi connectivity index (χ3v) is 10.4. The number of nitriles is 1. The average Bonchev–Trinajstić information content (AvgIpc) is 3.54. The van der Waals surface area contributed by atoms with Gasteiger partial charge in [0.2, 0.25) is 5.88 Å². The van der Waals surface area contributed by atoms with Crippen LogP contribution in [0.2, 0.25) is 0 Å². The van der Waals surface area contributed by atoms with Gasteiger partial charge in [-0.2, -0.15) is 10.4 Å². The summed E-state index contributed by atoms with van der Waals surface area (Å²) < 4.78 is 30.8. The highest BCUT2D eigenvalue weighted by molar-refractivity contribution is 14.1. The predicted molar refractivity (Wildman–Crippen MR) is 166 cm³/mol. The highest BCUT2D eigenvalue weighted by Gasteiger charge is 2.36. The van der Waals surface area contributed by atoms with E-state index in [2.05, 4.69) is 56.5 Å². The van der Waals surface area contributed by atoms with Gasteiger partial charge in [0.25, 0.3) is 0 Å². The predicted octanol–water partition coefficient (Wildman–Crippen LogP) is 6.81. The maximum atomic E-state index is 15.7. The Labute approximate surface area is 261 Å². The summed E-state index contributed by atoms with van der Waals surface area (Å²) in [6.45, 7) is 8.96. The number of rotatable bonds is 5. The standard InChI is InChI=1S/C29H35BrFIN6O3/c1-16(22-7-6-11-36(22)5)40-27-20-15-34-38(26(20)19-14-21(32)23(30)24(31)25(19)35-27)18-9-12-37(17(13-18)8-10-33)28(39)41-29(2,3)4/h14-18,22H,6-9,11-13H2,1-5H3/t16-,17+,18-,22-/m0/s1. The first-order valence-corrected chi connectivity index (χ1v) is 15.8.